The fourth-order valence-electron chi connectivity index (χ4n) is 5.19. The lowest BCUT2D eigenvalue weighted by atomic mass is 9.91. The van der Waals surface area contributed by atoms with E-state index in [1.165, 1.54) is 4.70 Å². The minimum atomic E-state index is -0.550. The number of aromatic nitrogens is 1. The number of ether oxygens (including phenoxy) is 2. The molecule has 4 aromatic carbocycles. The molecule has 2 amide bonds. The van der Waals surface area contributed by atoms with E-state index in [9.17, 15) is 9.90 Å². The molecule has 0 aliphatic carbocycles. The highest BCUT2D eigenvalue weighted by molar-refractivity contribution is 8.01. The summed E-state index contributed by atoms with van der Waals surface area (Å²) in [7, 11) is 0. The zero-order chi connectivity index (χ0) is 30.3. The first kappa shape index (κ1) is 30.3. The number of thiazole rings is 1. The highest BCUT2D eigenvalue weighted by Crippen LogP contribution is 2.43. The quantitative estimate of drug-likeness (QED) is 0.140. The average molecular weight is 626 g/mol. The van der Waals surface area contributed by atoms with Crippen molar-refractivity contribution in [3.05, 3.63) is 131 Å². The van der Waals surface area contributed by atoms with E-state index in [1.54, 1.807) is 23.1 Å². The van der Waals surface area contributed by atoms with E-state index in [-0.39, 0.29) is 30.8 Å². The van der Waals surface area contributed by atoms with Gasteiger partial charge in [0.05, 0.1) is 29.0 Å². The van der Waals surface area contributed by atoms with Gasteiger partial charge in [0.2, 0.25) is 0 Å². The summed E-state index contributed by atoms with van der Waals surface area (Å²) in [6.07, 6.45) is -0.814. The second kappa shape index (κ2) is 14.4. The third-order valence-corrected chi connectivity index (χ3v) is 10.0. The standard InChI is InChI=1S/C35H35N3O4S2/c1-23-30(22-43-35-38-29-9-5-6-10-31(29)44-35)41-33(42-32(23)27-15-13-26(21-39)14-16-27)28-17-11-25(12-18-28)20-37-34(40)36-19-24-7-3-2-4-8-24/h2-18,23,30,32-33,39H,19-22H2,1H3,(H2,36,37,40). The van der Waals surface area contributed by atoms with E-state index < -0.39 is 6.29 Å². The smallest absolute Gasteiger partial charge is 0.315 e. The molecule has 2 heterocycles. The van der Waals surface area contributed by atoms with Crippen LogP contribution in [0.25, 0.3) is 10.2 Å². The van der Waals surface area contributed by atoms with Crippen LogP contribution in [0.2, 0.25) is 0 Å². The van der Waals surface area contributed by atoms with E-state index in [4.69, 9.17) is 14.5 Å². The number of aliphatic hydroxyl groups excluding tert-OH is 1. The Hall–Kier alpha value is -3.73. The molecule has 44 heavy (non-hydrogen) atoms. The highest BCUT2D eigenvalue weighted by Gasteiger charge is 2.38. The highest BCUT2D eigenvalue weighted by atomic mass is 32.2. The predicted octanol–water partition coefficient (Wildman–Crippen LogP) is 7.37. The van der Waals surface area contributed by atoms with E-state index in [0.29, 0.717) is 13.1 Å². The lowest BCUT2D eigenvalue weighted by Crippen LogP contribution is -2.38. The summed E-state index contributed by atoms with van der Waals surface area (Å²) >= 11 is 3.42. The van der Waals surface area contributed by atoms with Crippen molar-refractivity contribution in [3.63, 3.8) is 0 Å². The number of rotatable bonds is 10. The Morgan fingerprint density at radius 1 is 0.818 bits per heavy atom. The summed E-state index contributed by atoms with van der Waals surface area (Å²) in [4.78, 5) is 17.1. The number of carbonyl (C=O) groups excluding carboxylic acids is 1. The second-order valence-electron chi connectivity index (χ2n) is 10.8. The van der Waals surface area contributed by atoms with Crippen molar-refractivity contribution in [2.75, 3.05) is 5.75 Å². The summed E-state index contributed by atoms with van der Waals surface area (Å²) in [6.45, 7) is 3.06. The molecule has 3 N–H and O–H groups in total. The molecular weight excluding hydrogens is 591 g/mol. The molecule has 6 rings (SSSR count). The first-order valence-corrected chi connectivity index (χ1v) is 16.5. The first-order valence-electron chi connectivity index (χ1n) is 14.7. The van der Waals surface area contributed by atoms with Gasteiger partial charge in [-0.05, 0) is 34.4 Å². The summed E-state index contributed by atoms with van der Waals surface area (Å²) in [6, 6.07) is 33.8. The molecule has 4 atom stereocenters. The van der Waals surface area contributed by atoms with Crippen LogP contribution in [0.4, 0.5) is 4.79 Å². The number of fused-ring (bicyclic) bond motifs is 1. The van der Waals surface area contributed by atoms with Crippen LogP contribution in [0.15, 0.2) is 107 Å². The van der Waals surface area contributed by atoms with Gasteiger partial charge in [-0.25, -0.2) is 9.78 Å². The number of hydrogen-bond donors (Lipinski definition) is 3. The number of nitrogens with zero attached hydrogens (tertiary/aromatic N) is 1. The SMILES string of the molecule is CC1C(CSc2nc3ccccc3s2)OC(c2ccc(CNC(=O)NCc3ccccc3)cc2)OC1c1ccc(CO)cc1. The number of para-hydroxylation sites is 1. The van der Waals surface area contributed by atoms with E-state index in [0.717, 1.165) is 43.4 Å². The van der Waals surface area contributed by atoms with Gasteiger partial charge in [0.25, 0.3) is 0 Å². The first-order chi connectivity index (χ1) is 21.6. The maximum absolute atomic E-state index is 12.3. The van der Waals surface area contributed by atoms with Crippen LogP contribution in [0.5, 0.6) is 0 Å². The predicted molar refractivity (Wildman–Crippen MR) is 175 cm³/mol. The fraction of sp³-hybridized carbons (Fsp3) is 0.257. The number of amides is 2. The normalized spacial score (nSPS) is 20.0. The number of carbonyl (C=O) groups is 1. The minimum absolute atomic E-state index is 0.00438. The Kier molecular flexibility index (Phi) is 9.89. The van der Waals surface area contributed by atoms with Crippen LogP contribution in [-0.4, -0.2) is 28.0 Å². The van der Waals surface area contributed by atoms with Crippen molar-refractivity contribution in [1.82, 2.24) is 15.6 Å². The number of hydrogen-bond acceptors (Lipinski definition) is 7. The topological polar surface area (TPSA) is 92.7 Å². The summed E-state index contributed by atoms with van der Waals surface area (Å²) < 4.78 is 15.4. The second-order valence-corrected chi connectivity index (χ2v) is 13.1. The van der Waals surface area contributed by atoms with Crippen molar-refractivity contribution in [1.29, 1.82) is 0 Å². The van der Waals surface area contributed by atoms with Crippen LogP contribution in [-0.2, 0) is 29.2 Å². The third kappa shape index (κ3) is 7.49. The van der Waals surface area contributed by atoms with Crippen molar-refractivity contribution in [2.24, 2.45) is 5.92 Å². The number of urea groups is 1. The van der Waals surface area contributed by atoms with Crippen LogP contribution >= 0.6 is 23.1 Å². The van der Waals surface area contributed by atoms with Gasteiger partial charge < -0.3 is 25.2 Å². The molecule has 5 aromatic rings. The lowest BCUT2D eigenvalue weighted by Gasteiger charge is -2.41. The molecule has 226 valence electrons. The van der Waals surface area contributed by atoms with Gasteiger partial charge in [-0.2, -0.15) is 0 Å². The van der Waals surface area contributed by atoms with Crippen LogP contribution in [0.1, 0.15) is 47.1 Å². The largest absolute Gasteiger partial charge is 0.392 e. The molecule has 0 bridgehead atoms. The maximum Gasteiger partial charge on any atom is 0.315 e. The van der Waals surface area contributed by atoms with E-state index >= 15 is 0 Å². The summed E-state index contributed by atoms with van der Waals surface area (Å²) in [5, 5.41) is 15.3. The Labute approximate surface area is 265 Å². The number of nitrogens with one attached hydrogen (secondary N) is 2. The Balaban J connectivity index is 1.12. The van der Waals surface area contributed by atoms with Crippen molar-refractivity contribution in [2.45, 2.75) is 49.5 Å². The number of thioether (sulfide) groups is 1. The fourth-order valence-corrected chi connectivity index (χ4v) is 7.45. The molecule has 0 radical (unpaired) electrons. The number of aliphatic hydroxyl groups is 1. The molecule has 0 saturated carbocycles. The van der Waals surface area contributed by atoms with Crippen LogP contribution in [0, 0.1) is 5.92 Å². The third-order valence-electron chi connectivity index (χ3n) is 7.77. The van der Waals surface area contributed by atoms with Gasteiger partial charge in [-0.1, -0.05) is 110 Å². The molecule has 9 heteroatoms. The molecule has 1 aliphatic rings. The molecule has 4 unspecified atom stereocenters. The Bertz CT molecular complexity index is 1630. The van der Waals surface area contributed by atoms with Gasteiger partial charge in [-0.3, -0.25) is 0 Å². The zero-order valence-electron chi connectivity index (χ0n) is 24.4. The van der Waals surface area contributed by atoms with E-state index in [2.05, 4.69) is 23.6 Å². The van der Waals surface area contributed by atoms with Crippen molar-refractivity contribution in [3.8, 4) is 0 Å². The molecule has 1 aromatic heterocycles. The van der Waals surface area contributed by atoms with Crippen LogP contribution < -0.4 is 10.6 Å². The maximum atomic E-state index is 12.3. The number of benzene rings is 4. The lowest BCUT2D eigenvalue weighted by molar-refractivity contribution is -0.268. The molecular formula is C35H35N3O4S2. The van der Waals surface area contributed by atoms with Gasteiger partial charge in [0.1, 0.15) is 0 Å². The Morgan fingerprint density at radius 3 is 2.16 bits per heavy atom. The summed E-state index contributed by atoms with van der Waals surface area (Å²) in [5.41, 5.74) is 5.89. The molecule has 1 fully saturated rings. The van der Waals surface area contributed by atoms with Gasteiger partial charge in [-0.15, -0.1) is 11.3 Å². The summed E-state index contributed by atoms with van der Waals surface area (Å²) in [5.74, 6) is 0.831. The van der Waals surface area contributed by atoms with E-state index in [1.807, 2.05) is 97.1 Å². The molecule has 0 spiro atoms. The Morgan fingerprint density at radius 2 is 1.45 bits per heavy atom. The zero-order valence-corrected chi connectivity index (χ0v) is 26.0. The van der Waals surface area contributed by atoms with Crippen molar-refractivity contribution >= 4 is 39.3 Å². The monoisotopic (exact) mass is 625 g/mol. The molecule has 1 aliphatic heterocycles. The molecule has 7 nitrogen and oxygen atoms in total. The minimum Gasteiger partial charge on any atom is -0.392 e. The molecule has 1 saturated heterocycles. The van der Waals surface area contributed by atoms with Gasteiger partial charge >= 0.3 is 6.03 Å². The van der Waals surface area contributed by atoms with Gasteiger partial charge in [0, 0.05) is 30.3 Å². The average Bonchev–Trinajstić information content (AvgIpc) is 3.50. The van der Waals surface area contributed by atoms with Crippen LogP contribution in [0.3, 0.4) is 0 Å². The van der Waals surface area contributed by atoms with Crippen molar-refractivity contribution < 1.29 is 19.4 Å². The van der Waals surface area contributed by atoms with Gasteiger partial charge in [0.15, 0.2) is 10.6 Å².